The first-order valence-electron chi connectivity index (χ1n) is 7.52. The van der Waals surface area contributed by atoms with E-state index in [1.54, 1.807) is 29.5 Å². The number of benzene rings is 1. The largest absolute Gasteiger partial charge is 0.493 e. The number of methoxy groups -OCH3 is 3. The van der Waals surface area contributed by atoms with E-state index in [9.17, 15) is 4.79 Å². The van der Waals surface area contributed by atoms with Gasteiger partial charge in [0.15, 0.2) is 11.5 Å². The van der Waals surface area contributed by atoms with Gasteiger partial charge in [0.05, 0.1) is 27.0 Å². The summed E-state index contributed by atoms with van der Waals surface area (Å²) in [6.07, 6.45) is 0. The predicted molar refractivity (Wildman–Crippen MR) is 97.1 cm³/mol. The molecule has 0 fully saturated rings. The molecule has 2 heterocycles. The molecule has 0 aliphatic rings. The highest BCUT2D eigenvalue weighted by Crippen LogP contribution is 2.38. The van der Waals surface area contributed by atoms with Gasteiger partial charge in [-0.05, 0) is 35.7 Å². The van der Waals surface area contributed by atoms with Crippen LogP contribution in [-0.2, 0) is 0 Å². The van der Waals surface area contributed by atoms with Crippen LogP contribution in [0.4, 0.5) is 0 Å². The number of carbonyl (C=O) groups is 1. The van der Waals surface area contributed by atoms with Crippen molar-refractivity contribution in [1.29, 1.82) is 0 Å². The Kier molecular flexibility index (Phi) is 5.00. The number of carbonyl (C=O) groups excluding carboxylic acids is 1. The van der Waals surface area contributed by atoms with Gasteiger partial charge in [0, 0.05) is 16.5 Å². The lowest BCUT2D eigenvalue weighted by Crippen LogP contribution is -2.06. The van der Waals surface area contributed by atoms with E-state index >= 15 is 0 Å². The lowest BCUT2D eigenvalue weighted by atomic mass is 10.1. The Morgan fingerprint density at radius 1 is 1.00 bits per heavy atom. The zero-order chi connectivity index (χ0) is 17.8. The van der Waals surface area contributed by atoms with E-state index in [0.717, 1.165) is 11.3 Å². The number of aromatic nitrogens is 1. The van der Waals surface area contributed by atoms with Crippen LogP contribution in [0, 0.1) is 0 Å². The highest BCUT2D eigenvalue weighted by atomic mass is 32.1. The fourth-order valence-electron chi connectivity index (χ4n) is 2.49. The third-order valence-electron chi connectivity index (χ3n) is 3.73. The molecule has 0 amide bonds. The maximum absolute atomic E-state index is 12.9. The fourth-order valence-corrected chi connectivity index (χ4v) is 3.14. The van der Waals surface area contributed by atoms with E-state index in [1.807, 2.05) is 29.0 Å². The van der Waals surface area contributed by atoms with E-state index in [0.29, 0.717) is 28.5 Å². The van der Waals surface area contributed by atoms with Crippen LogP contribution in [0.5, 0.6) is 17.2 Å². The van der Waals surface area contributed by atoms with E-state index in [-0.39, 0.29) is 5.78 Å². The Morgan fingerprint density at radius 3 is 2.28 bits per heavy atom. The molecule has 0 aliphatic heterocycles. The number of hydrogen-bond acceptors (Lipinski definition) is 6. The molecule has 1 aromatic carbocycles. The zero-order valence-corrected chi connectivity index (χ0v) is 14.9. The average Bonchev–Trinajstić information content (AvgIpc) is 3.21. The molecule has 0 unspecified atom stereocenters. The van der Waals surface area contributed by atoms with Gasteiger partial charge in [-0.15, -0.1) is 0 Å². The summed E-state index contributed by atoms with van der Waals surface area (Å²) in [7, 11) is 4.55. The SMILES string of the molecule is COc1cc(C(=O)c2cccc(-c3ccsc3)n2)cc(OC)c1OC. The van der Waals surface area contributed by atoms with Crippen LogP contribution in [-0.4, -0.2) is 32.1 Å². The van der Waals surface area contributed by atoms with E-state index < -0.39 is 0 Å². The van der Waals surface area contributed by atoms with Crippen LogP contribution in [0.3, 0.4) is 0 Å². The van der Waals surface area contributed by atoms with Crippen LogP contribution in [0.1, 0.15) is 16.1 Å². The van der Waals surface area contributed by atoms with Gasteiger partial charge in [-0.3, -0.25) is 4.79 Å². The number of rotatable bonds is 6. The third-order valence-corrected chi connectivity index (χ3v) is 4.41. The van der Waals surface area contributed by atoms with Crippen molar-refractivity contribution in [1.82, 2.24) is 4.98 Å². The second-order valence-electron chi connectivity index (χ2n) is 5.16. The van der Waals surface area contributed by atoms with Gasteiger partial charge >= 0.3 is 0 Å². The van der Waals surface area contributed by atoms with E-state index in [1.165, 1.54) is 21.3 Å². The molecule has 25 heavy (non-hydrogen) atoms. The minimum atomic E-state index is -0.212. The van der Waals surface area contributed by atoms with Crippen LogP contribution >= 0.6 is 11.3 Å². The van der Waals surface area contributed by atoms with Gasteiger partial charge in [0.1, 0.15) is 5.69 Å². The number of hydrogen-bond donors (Lipinski definition) is 0. The predicted octanol–water partition coefficient (Wildman–Crippen LogP) is 4.07. The molecule has 3 rings (SSSR count). The van der Waals surface area contributed by atoms with E-state index in [4.69, 9.17) is 14.2 Å². The highest BCUT2D eigenvalue weighted by Gasteiger charge is 2.19. The lowest BCUT2D eigenvalue weighted by Gasteiger charge is -2.13. The van der Waals surface area contributed by atoms with Gasteiger partial charge in [0.25, 0.3) is 0 Å². The summed E-state index contributed by atoms with van der Waals surface area (Å²) < 4.78 is 15.9. The first-order valence-corrected chi connectivity index (χ1v) is 8.46. The molecule has 6 heteroatoms. The molecular formula is C19H17NO4S. The third kappa shape index (κ3) is 3.34. The molecular weight excluding hydrogens is 338 g/mol. The second-order valence-corrected chi connectivity index (χ2v) is 5.94. The van der Waals surface area contributed by atoms with Crippen molar-refractivity contribution in [2.75, 3.05) is 21.3 Å². The smallest absolute Gasteiger partial charge is 0.211 e. The Bertz CT molecular complexity index is 865. The topological polar surface area (TPSA) is 57.7 Å². The molecule has 3 aromatic rings. The van der Waals surface area contributed by atoms with Crippen molar-refractivity contribution in [3.05, 3.63) is 58.4 Å². The Hall–Kier alpha value is -2.86. The van der Waals surface area contributed by atoms with Crippen molar-refractivity contribution in [2.24, 2.45) is 0 Å². The van der Waals surface area contributed by atoms with Crippen LogP contribution in [0.25, 0.3) is 11.3 Å². The molecule has 128 valence electrons. The first kappa shape index (κ1) is 17.0. The van der Waals surface area contributed by atoms with Crippen LogP contribution in [0.15, 0.2) is 47.2 Å². The molecule has 0 saturated carbocycles. The van der Waals surface area contributed by atoms with Gasteiger partial charge < -0.3 is 14.2 Å². The molecule has 0 radical (unpaired) electrons. The molecule has 5 nitrogen and oxygen atoms in total. The van der Waals surface area contributed by atoms with Crippen LogP contribution in [0.2, 0.25) is 0 Å². The monoisotopic (exact) mass is 355 g/mol. The van der Waals surface area contributed by atoms with Crippen LogP contribution < -0.4 is 14.2 Å². The summed E-state index contributed by atoms with van der Waals surface area (Å²) in [5, 5.41) is 3.97. The summed E-state index contributed by atoms with van der Waals surface area (Å²) in [5.41, 5.74) is 2.53. The molecule has 0 saturated heterocycles. The number of thiophene rings is 1. The Balaban J connectivity index is 2.02. The Morgan fingerprint density at radius 2 is 1.72 bits per heavy atom. The number of nitrogens with zero attached hydrogens (tertiary/aromatic N) is 1. The molecule has 0 atom stereocenters. The summed E-state index contributed by atoms with van der Waals surface area (Å²) >= 11 is 1.59. The number of ether oxygens (including phenoxy) is 3. The number of ketones is 1. The summed E-state index contributed by atoms with van der Waals surface area (Å²) in [5.74, 6) is 1.09. The van der Waals surface area contributed by atoms with Gasteiger partial charge in [0.2, 0.25) is 11.5 Å². The maximum atomic E-state index is 12.9. The summed E-state index contributed by atoms with van der Waals surface area (Å²) in [6, 6.07) is 10.6. The normalized spacial score (nSPS) is 10.4. The molecule has 2 aromatic heterocycles. The molecule has 0 aliphatic carbocycles. The summed E-state index contributed by atoms with van der Waals surface area (Å²) in [6.45, 7) is 0. The van der Waals surface area contributed by atoms with Gasteiger partial charge in [-0.1, -0.05) is 6.07 Å². The van der Waals surface area contributed by atoms with Crippen molar-refractivity contribution >= 4 is 17.1 Å². The van der Waals surface area contributed by atoms with Crippen molar-refractivity contribution in [3.63, 3.8) is 0 Å². The molecule has 0 N–H and O–H groups in total. The molecule has 0 spiro atoms. The minimum absolute atomic E-state index is 0.212. The van der Waals surface area contributed by atoms with E-state index in [2.05, 4.69) is 4.98 Å². The quantitative estimate of drug-likeness (QED) is 0.624. The Labute approximate surface area is 149 Å². The second kappa shape index (κ2) is 7.36. The fraction of sp³-hybridized carbons (Fsp3) is 0.158. The standard InChI is InChI=1S/C19H17NO4S/c1-22-16-9-13(10-17(23-2)19(16)24-3)18(21)15-6-4-5-14(20-15)12-7-8-25-11-12/h4-11H,1-3H3. The van der Waals surface area contributed by atoms with Crippen molar-refractivity contribution < 1.29 is 19.0 Å². The van der Waals surface area contributed by atoms with Crippen molar-refractivity contribution in [2.45, 2.75) is 0 Å². The zero-order valence-electron chi connectivity index (χ0n) is 14.1. The summed E-state index contributed by atoms with van der Waals surface area (Å²) in [4.78, 5) is 17.4. The van der Waals surface area contributed by atoms with Gasteiger partial charge in [-0.25, -0.2) is 4.98 Å². The first-order chi connectivity index (χ1) is 12.2. The lowest BCUT2D eigenvalue weighted by molar-refractivity contribution is 0.103. The molecule has 0 bridgehead atoms. The average molecular weight is 355 g/mol. The maximum Gasteiger partial charge on any atom is 0.211 e. The van der Waals surface area contributed by atoms with Crippen molar-refractivity contribution in [3.8, 4) is 28.5 Å². The van der Waals surface area contributed by atoms with Gasteiger partial charge in [-0.2, -0.15) is 11.3 Å². The minimum Gasteiger partial charge on any atom is -0.493 e. The number of pyridine rings is 1. The highest BCUT2D eigenvalue weighted by molar-refractivity contribution is 7.08.